The van der Waals surface area contributed by atoms with Gasteiger partial charge in [-0.3, -0.25) is 4.79 Å². The van der Waals surface area contributed by atoms with Crippen LogP contribution in [0.1, 0.15) is 15.9 Å². The Balaban J connectivity index is 1.81. The number of fused-ring (bicyclic) bond motifs is 1. The van der Waals surface area contributed by atoms with Crippen LogP contribution in [-0.2, 0) is 16.4 Å². The van der Waals surface area contributed by atoms with Gasteiger partial charge in [0.1, 0.15) is 9.96 Å². The number of rotatable bonds is 4. The van der Waals surface area contributed by atoms with Crippen molar-refractivity contribution in [3.8, 4) is 5.75 Å². The zero-order valence-electron chi connectivity index (χ0n) is 12.3. The molecule has 1 aliphatic rings. The molecule has 0 radical (unpaired) electrons. The number of primary sulfonamides is 1. The van der Waals surface area contributed by atoms with Crippen molar-refractivity contribution in [3.63, 3.8) is 0 Å². The molecule has 2 heterocycles. The average Bonchev–Trinajstić information content (AvgIpc) is 2.96. The van der Waals surface area contributed by atoms with E-state index in [1.54, 1.807) is 7.11 Å². The molecule has 23 heavy (non-hydrogen) atoms. The van der Waals surface area contributed by atoms with Crippen molar-refractivity contribution >= 4 is 38.9 Å². The lowest BCUT2D eigenvalue weighted by Crippen LogP contribution is -2.23. The monoisotopic (exact) mass is 369 g/mol. The van der Waals surface area contributed by atoms with E-state index in [9.17, 15) is 13.2 Å². The summed E-state index contributed by atoms with van der Waals surface area (Å²) in [4.78, 5) is 12.6. The number of Topliss-reactive ketones (excluding diaryl/α,β-unsaturated/α-hetero) is 1. The predicted molar refractivity (Wildman–Crippen MR) is 90.9 cm³/mol. The second kappa shape index (κ2) is 6.27. The van der Waals surface area contributed by atoms with E-state index in [1.807, 2.05) is 24.3 Å². The first-order valence-corrected chi connectivity index (χ1v) is 10.2. The number of methoxy groups -OCH3 is 1. The summed E-state index contributed by atoms with van der Waals surface area (Å²) in [6, 6.07) is 9.02. The van der Waals surface area contributed by atoms with Gasteiger partial charge in [-0.2, -0.15) is 0 Å². The number of thiophene rings is 1. The number of nitrogens with two attached hydrogens (primary N) is 1. The molecule has 0 fully saturated rings. The fraction of sp³-hybridized carbons (Fsp3) is 0.267. The van der Waals surface area contributed by atoms with Crippen LogP contribution in [0.3, 0.4) is 0 Å². The Labute approximate surface area is 142 Å². The van der Waals surface area contributed by atoms with Crippen molar-refractivity contribution in [3.05, 3.63) is 41.5 Å². The van der Waals surface area contributed by atoms with Gasteiger partial charge in [0.15, 0.2) is 5.78 Å². The summed E-state index contributed by atoms with van der Waals surface area (Å²) in [7, 11) is -2.16. The zero-order valence-corrected chi connectivity index (χ0v) is 14.8. The van der Waals surface area contributed by atoms with Crippen LogP contribution in [0.25, 0.3) is 0 Å². The van der Waals surface area contributed by atoms with Crippen molar-refractivity contribution < 1.29 is 17.9 Å². The molecular formula is C15H15NO4S3. The first kappa shape index (κ1) is 16.5. The maximum atomic E-state index is 12.6. The molecule has 1 unspecified atom stereocenters. The minimum absolute atomic E-state index is 0.0132. The molecule has 2 aromatic rings. The van der Waals surface area contributed by atoms with Crippen LogP contribution in [-0.4, -0.2) is 27.1 Å². The predicted octanol–water partition coefficient (Wildman–Crippen LogP) is 2.55. The first-order valence-electron chi connectivity index (χ1n) is 6.85. The van der Waals surface area contributed by atoms with Crippen molar-refractivity contribution in [1.29, 1.82) is 0 Å². The topological polar surface area (TPSA) is 86.5 Å². The van der Waals surface area contributed by atoms with E-state index in [-0.39, 0.29) is 15.9 Å². The van der Waals surface area contributed by atoms with E-state index in [2.05, 4.69) is 0 Å². The standard InChI is InChI=1S/C15H15NO4S3/c1-20-11-4-2-9(3-5-11)6-10-8-21-15-12(14(10)17)7-13(22-15)23(16,18)19/h2-5,7,10H,6,8H2,1H3,(H2,16,18,19). The van der Waals surface area contributed by atoms with Gasteiger partial charge < -0.3 is 4.74 Å². The van der Waals surface area contributed by atoms with Gasteiger partial charge in [0.25, 0.3) is 0 Å². The SMILES string of the molecule is COc1ccc(CC2CSc3sc(S(N)(=O)=O)cc3C2=O)cc1. The van der Waals surface area contributed by atoms with E-state index >= 15 is 0 Å². The first-order chi connectivity index (χ1) is 10.9. The number of hydrogen-bond acceptors (Lipinski definition) is 6. The molecule has 122 valence electrons. The van der Waals surface area contributed by atoms with Crippen LogP contribution in [0.15, 0.2) is 38.8 Å². The summed E-state index contributed by atoms with van der Waals surface area (Å²) in [5.74, 6) is 1.24. The van der Waals surface area contributed by atoms with Crippen LogP contribution in [0.4, 0.5) is 0 Å². The molecule has 1 aromatic heterocycles. The van der Waals surface area contributed by atoms with Gasteiger partial charge in [-0.05, 0) is 30.2 Å². The van der Waals surface area contributed by atoms with Crippen molar-refractivity contribution in [2.45, 2.75) is 14.8 Å². The third-order valence-electron chi connectivity index (χ3n) is 3.65. The zero-order chi connectivity index (χ0) is 16.6. The van der Waals surface area contributed by atoms with Crippen LogP contribution >= 0.6 is 23.1 Å². The second-order valence-corrected chi connectivity index (χ2v) is 9.37. The average molecular weight is 369 g/mol. The summed E-state index contributed by atoms with van der Waals surface area (Å²) in [6.45, 7) is 0. The largest absolute Gasteiger partial charge is 0.497 e. The van der Waals surface area contributed by atoms with Crippen LogP contribution in [0.5, 0.6) is 5.75 Å². The number of ether oxygens (including phenoxy) is 1. The smallest absolute Gasteiger partial charge is 0.247 e. The van der Waals surface area contributed by atoms with E-state index < -0.39 is 10.0 Å². The van der Waals surface area contributed by atoms with Gasteiger partial charge in [0.05, 0.1) is 11.3 Å². The molecule has 1 atom stereocenters. The molecule has 1 aromatic carbocycles. The quantitative estimate of drug-likeness (QED) is 0.895. The summed E-state index contributed by atoms with van der Waals surface area (Å²) in [6.07, 6.45) is 0.621. The van der Waals surface area contributed by atoms with Gasteiger partial charge >= 0.3 is 0 Å². The Hall–Kier alpha value is -1.35. The van der Waals surface area contributed by atoms with Crippen molar-refractivity contribution in [1.82, 2.24) is 0 Å². The molecule has 8 heteroatoms. The summed E-state index contributed by atoms with van der Waals surface area (Å²) in [5, 5.41) is 5.15. The normalized spacial score (nSPS) is 17.8. The highest BCUT2D eigenvalue weighted by molar-refractivity contribution is 8.01. The lowest BCUT2D eigenvalue weighted by atomic mass is 9.93. The van der Waals surface area contributed by atoms with Crippen LogP contribution in [0.2, 0.25) is 0 Å². The Kier molecular flexibility index (Phi) is 4.50. The fourth-order valence-electron chi connectivity index (χ4n) is 2.44. The van der Waals surface area contributed by atoms with Gasteiger partial charge in [0.2, 0.25) is 10.0 Å². The lowest BCUT2D eigenvalue weighted by Gasteiger charge is -2.20. The third kappa shape index (κ3) is 3.45. The third-order valence-corrected chi connectivity index (χ3v) is 7.65. The lowest BCUT2D eigenvalue weighted by molar-refractivity contribution is 0.0927. The number of benzene rings is 1. The van der Waals surface area contributed by atoms with Crippen LogP contribution < -0.4 is 9.88 Å². The van der Waals surface area contributed by atoms with Gasteiger partial charge in [-0.15, -0.1) is 23.1 Å². The Morgan fingerprint density at radius 1 is 1.30 bits per heavy atom. The molecule has 0 aliphatic carbocycles. The maximum Gasteiger partial charge on any atom is 0.247 e. The van der Waals surface area contributed by atoms with Crippen molar-refractivity contribution in [2.24, 2.45) is 11.1 Å². The molecule has 0 amide bonds. The number of sulfonamides is 1. The molecule has 0 saturated carbocycles. The number of carbonyl (C=O) groups excluding carboxylic acids is 1. The number of thioether (sulfide) groups is 1. The van der Waals surface area contributed by atoms with E-state index in [1.165, 1.54) is 17.8 Å². The molecular weight excluding hydrogens is 354 g/mol. The number of ketones is 1. The molecule has 2 N–H and O–H groups in total. The maximum absolute atomic E-state index is 12.6. The Morgan fingerprint density at radius 2 is 2.00 bits per heavy atom. The summed E-state index contributed by atoms with van der Waals surface area (Å²) >= 11 is 2.59. The van der Waals surface area contributed by atoms with E-state index in [0.29, 0.717) is 17.7 Å². The summed E-state index contributed by atoms with van der Waals surface area (Å²) < 4.78 is 28.8. The van der Waals surface area contributed by atoms with Crippen LogP contribution in [0, 0.1) is 5.92 Å². The molecule has 3 rings (SSSR count). The molecule has 0 saturated heterocycles. The highest BCUT2D eigenvalue weighted by Crippen LogP contribution is 2.41. The van der Waals surface area contributed by atoms with Gasteiger partial charge in [-0.25, -0.2) is 13.6 Å². The highest BCUT2D eigenvalue weighted by atomic mass is 32.3. The number of hydrogen-bond donors (Lipinski definition) is 1. The van der Waals surface area contributed by atoms with Gasteiger partial charge in [-0.1, -0.05) is 12.1 Å². The van der Waals surface area contributed by atoms with E-state index in [4.69, 9.17) is 9.88 Å². The summed E-state index contributed by atoms with van der Waals surface area (Å²) in [5.41, 5.74) is 1.53. The number of carbonyl (C=O) groups is 1. The Morgan fingerprint density at radius 3 is 2.61 bits per heavy atom. The van der Waals surface area contributed by atoms with Gasteiger partial charge in [0, 0.05) is 17.2 Å². The molecule has 0 bridgehead atoms. The minimum atomic E-state index is -3.77. The molecule has 0 spiro atoms. The second-order valence-electron chi connectivity index (χ2n) is 5.24. The Bertz CT molecular complexity index is 840. The van der Waals surface area contributed by atoms with Crippen molar-refractivity contribution in [2.75, 3.05) is 12.9 Å². The highest BCUT2D eigenvalue weighted by Gasteiger charge is 2.31. The van der Waals surface area contributed by atoms with E-state index in [0.717, 1.165) is 26.9 Å². The fourth-order valence-corrected chi connectivity index (χ4v) is 5.87. The minimum Gasteiger partial charge on any atom is -0.497 e. The molecule has 1 aliphatic heterocycles. The molecule has 5 nitrogen and oxygen atoms in total.